The van der Waals surface area contributed by atoms with Crippen LogP contribution in [0.3, 0.4) is 0 Å². The van der Waals surface area contributed by atoms with Gasteiger partial charge in [-0.2, -0.15) is 5.10 Å². The first-order valence-corrected chi connectivity index (χ1v) is 7.64. The maximum absolute atomic E-state index is 4.24. The van der Waals surface area contributed by atoms with Gasteiger partial charge in [-0.05, 0) is 36.0 Å². The molecular formula is C16H22N6. The van der Waals surface area contributed by atoms with Crippen molar-refractivity contribution in [3.8, 4) is 0 Å². The molecule has 1 aromatic carbocycles. The fraction of sp³-hybridized carbons (Fsp3) is 0.438. The van der Waals surface area contributed by atoms with E-state index in [1.165, 1.54) is 36.0 Å². The molecule has 1 aliphatic carbocycles. The van der Waals surface area contributed by atoms with Crippen LogP contribution >= 0.6 is 0 Å². The molecule has 0 amide bonds. The second-order valence-electron chi connectivity index (χ2n) is 5.54. The molecule has 22 heavy (non-hydrogen) atoms. The Morgan fingerprint density at radius 1 is 1.23 bits per heavy atom. The Kier molecular flexibility index (Phi) is 4.37. The summed E-state index contributed by atoms with van der Waals surface area (Å²) in [5, 5.41) is 10.6. The Morgan fingerprint density at radius 2 is 2.05 bits per heavy atom. The van der Waals surface area contributed by atoms with Gasteiger partial charge in [0.1, 0.15) is 12.2 Å². The predicted molar refractivity (Wildman–Crippen MR) is 86.5 cm³/mol. The smallest absolute Gasteiger partial charge is 0.191 e. The lowest BCUT2D eigenvalue weighted by Gasteiger charge is -2.12. The molecule has 1 aromatic heterocycles. The van der Waals surface area contributed by atoms with Gasteiger partial charge < -0.3 is 10.6 Å². The van der Waals surface area contributed by atoms with E-state index in [2.05, 4.69) is 43.9 Å². The lowest BCUT2D eigenvalue weighted by atomic mass is 10.1. The van der Waals surface area contributed by atoms with E-state index in [0.717, 1.165) is 18.3 Å². The zero-order chi connectivity index (χ0) is 15.4. The van der Waals surface area contributed by atoms with Gasteiger partial charge in [-0.1, -0.05) is 18.2 Å². The van der Waals surface area contributed by atoms with Gasteiger partial charge in [-0.3, -0.25) is 9.67 Å². The summed E-state index contributed by atoms with van der Waals surface area (Å²) in [7, 11) is 3.65. The molecule has 0 saturated heterocycles. The van der Waals surface area contributed by atoms with Gasteiger partial charge in [0, 0.05) is 20.6 Å². The number of hydrogen-bond donors (Lipinski definition) is 2. The summed E-state index contributed by atoms with van der Waals surface area (Å²) in [6.45, 7) is 1.37. The van der Waals surface area contributed by atoms with E-state index in [0.29, 0.717) is 6.54 Å². The number of rotatable bonds is 4. The van der Waals surface area contributed by atoms with Gasteiger partial charge in [0.25, 0.3) is 0 Å². The van der Waals surface area contributed by atoms with Crippen LogP contribution in [0.5, 0.6) is 0 Å². The van der Waals surface area contributed by atoms with Crippen LogP contribution < -0.4 is 10.6 Å². The molecule has 116 valence electrons. The van der Waals surface area contributed by atoms with Crippen LogP contribution in [-0.2, 0) is 33.0 Å². The Morgan fingerprint density at radius 3 is 2.82 bits per heavy atom. The highest BCUT2D eigenvalue weighted by molar-refractivity contribution is 5.79. The van der Waals surface area contributed by atoms with E-state index in [1.54, 1.807) is 18.1 Å². The number of aryl methyl sites for hydroxylation is 3. The van der Waals surface area contributed by atoms with Crippen molar-refractivity contribution in [2.45, 2.75) is 32.4 Å². The molecule has 1 heterocycles. The lowest BCUT2D eigenvalue weighted by Crippen LogP contribution is -2.36. The number of guanidine groups is 1. The fourth-order valence-electron chi connectivity index (χ4n) is 2.78. The summed E-state index contributed by atoms with van der Waals surface area (Å²) >= 11 is 0. The van der Waals surface area contributed by atoms with E-state index in [9.17, 15) is 0 Å². The van der Waals surface area contributed by atoms with E-state index in [4.69, 9.17) is 0 Å². The fourth-order valence-corrected chi connectivity index (χ4v) is 2.78. The number of aromatic nitrogens is 3. The van der Waals surface area contributed by atoms with E-state index in [-0.39, 0.29) is 0 Å². The van der Waals surface area contributed by atoms with E-state index < -0.39 is 0 Å². The van der Waals surface area contributed by atoms with E-state index in [1.807, 2.05) is 7.05 Å². The third-order valence-corrected chi connectivity index (χ3v) is 4.07. The molecule has 2 N–H and O–H groups in total. The van der Waals surface area contributed by atoms with Crippen molar-refractivity contribution in [1.29, 1.82) is 0 Å². The van der Waals surface area contributed by atoms with Crippen LogP contribution in [0.4, 0.5) is 0 Å². The quantitative estimate of drug-likeness (QED) is 0.657. The maximum atomic E-state index is 4.24. The van der Waals surface area contributed by atoms with Crippen LogP contribution in [0.15, 0.2) is 29.5 Å². The minimum atomic E-state index is 0.598. The third kappa shape index (κ3) is 3.27. The standard InChI is InChI=1S/C16H22N6/c1-17-16(19-10-15-20-11-21-22(15)2)18-9-12-6-7-13-4-3-5-14(13)8-12/h6-8,11H,3-5,9-10H2,1-2H3,(H2,17,18,19). The molecule has 0 atom stereocenters. The number of fused-ring (bicyclic) bond motifs is 1. The van der Waals surface area contributed by atoms with Crippen LogP contribution in [0, 0.1) is 0 Å². The van der Waals surface area contributed by atoms with Crippen LogP contribution in [0.25, 0.3) is 0 Å². The van der Waals surface area contributed by atoms with Gasteiger partial charge in [-0.15, -0.1) is 0 Å². The Hall–Kier alpha value is -2.37. The van der Waals surface area contributed by atoms with Crippen molar-refractivity contribution >= 4 is 5.96 Å². The predicted octanol–water partition coefficient (Wildman–Crippen LogP) is 1.17. The molecule has 0 aliphatic heterocycles. The molecule has 0 spiro atoms. The summed E-state index contributed by atoms with van der Waals surface area (Å²) in [6.07, 6.45) is 5.27. The molecule has 2 aromatic rings. The number of hydrogen-bond acceptors (Lipinski definition) is 3. The second kappa shape index (κ2) is 6.60. The largest absolute Gasteiger partial charge is 0.352 e. The highest BCUT2D eigenvalue weighted by atomic mass is 15.3. The number of benzene rings is 1. The molecular weight excluding hydrogens is 276 g/mol. The molecule has 0 bridgehead atoms. The number of nitrogens with zero attached hydrogens (tertiary/aromatic N) is 4. The average molecular weight is 298 g/mol. The Balaban J connectivity index is 1.54. The minimum absolute atomic E-state index is 0.598. The monoisotopic (exact) mass is 298 g/mol. The number of aliphatic imine (C=N–C) groups is 1. The van der Waals surface area contributed by atoms with Crippen LogP contribution in [-0.4, -0.2) is 27.8 Å². The first-order valence-electron chi connectivity index (χ1n) is 7.64. The summed E-state index contributed by atoms with van der Waals surface area (Å²) in [6, 6.07) is 6.77. The minimum Gasteiger partial charge on any atom is -0.352 e. The van der Waals surface area contributed by atoms with Crippen molar-refractivity contribution in [3.05, 3.63) is 47.0 Å². The zero-order valence-electron chi connectivity index (χ0n) is 13.1. The number of nitrogens with one attached hydrogen (secondary N) is 2. The molecule has 0 fully saturated rings. The molecule has 0 radical (unpaired) electrons. The maximum Gasteiger partial charge on any atom is 0.191 e. The Labute approximate surface area is 130 Å². The van der Waals surface area contributed by atoms with Gasteiger partial charge in [0.15, 0.2) is 5.96 Å². The van der Waals surface area contributed by atoms with Crippen LogP contribution in [0.2, 0.25) is 0 Å². The van der Waals surface area contributed by atoms with Gasteiger partial charge in [0.2, 0.25) is 0 Å². The third-order valence-electron chi connectivity index (χ3n) is 4.07. The summed E-state index contributed by atoms with van der Waals surface area (Å²) < 4.78 is 1.75. The SMILES string of the molecule is CN=C(NCc1ccc2c(c1)CCC2)NCc1ncnn1C. The van der Waals surface area contributed by atoms with E-state index >= 15 is 0 Å². The summed E-state index contributed by atoms with van der Waals surface area (Å²) in [4.78, 5) is 8.43. The summed E-state index contributed by atoms with van der Waals surface area (Å²) in [5.74, 6) is 1.64. The van der Waals surface area contributed by atoms with Gasteiger partial charge >= 0.3 is 0 Å². The molecule has 1 aliphatic rings. The molecule has 6 heteroatoms. The van der Waals surface area contributed by atoms with Gasteiger partial charge in [0.05, 0.1) is 6.54 Å². The van der Waals surface area contributed by atoms with Crippen molar-refractivity contribution in [3.63, 3.8) is 0 Å². The molecule has 6 nitrogen and oxygen atoms in total. The molecule has 3 rings (SSSR count). The first-order chi connectivity index (χ1) is 10.8. The highest BCUT2D eigenvalue weighted by Gasteiger charge is 2.10. The van der Waals surface area contributed by atoms with Gasteiger partial charge in [-0.25, -0.2) is 4.98 Å². The molecule has 0 saturated carbocycles. The highest BCUT2D eigenvalue weighted by Crippen LogP contribution is 2.22. The normalized spacial score (nSPS) is 14.0. The second-order valence-corrected chi connectivity index (χ2v) is 5.54. The lowest BCUT2D eigenvalue weighted by molar-refractivity contribution is 0.672. The van der Waals surface area contributed by atoms with Crippen LogP contribution in [0.1, 0.15) is 28.9 Å². The van der Waals surface area contributed by atoms with Crippen molar-refractivity contribution in [2.75, 3.05) is 7.05 Å². The zero-order valence-corrected chi connectivity index (χ0v) is 13.1. The van der Waals surface area contributed by atoms with Crippen molar-refractivity contribution < 1.29 is 0 Å². The Bertz CT molecular complexity index is 673. The average Bonchev–Trinajstić information content (AvgIpc) is 3.15. The van der Waals surface area contributed by atoms with Crippen molar-refractivity contribution in [2.24, 2.45) is 12.0 Å². The molecule has 0 unspecified atom stereocenters. The summed E-state index contributed by atoms with van der Waals surface area (Å²) in [5.41, 5.74) is 4.30. The first kappa shape index (κ1) is 14.6. The topological polar surface area (TPSA) is 67.1 Å². The van der Waals surface area contributed by atoms with Crippen molar-refractivity contribution in [1.82, 2.24) is 25.4 Å².